The molecule has 0 N–H and O–H groups in total. The molecular weight excluding hydrogens is 202 g/mol. The zero-order valence-corrected chi connectivity index (χ0v) is 10.4. The van der Waals surface area contributed by atoms with Crippen LogP contribution in [-0.2, 0) is 11.3 Å². The summed E-state index contributed by atoms with van der Waals surface area (Å²) in [5.74, 6) is 0. The molecule has 1 unspecified atom stereocenters. The van der Waals surface area contributed by atoms with Crippen LogP contribution in [0.4, 0.5) is 0 Å². The fraction of sp³-hybridized carbons (Fsp3) is 0.615. The summed E-state index contributed by atoms with van der Waals surface area (Å²) in [6.07, 6.45) is 6.48. The fourth-order valence-corrected chi connectivity index (χ4v) is 2.11. The van der Waals surface area contributed by atoms with Crippen LogP contribution in [0.25, 0.3) is 0 Å². The molecule has 16 heavy (non-hydrogen) atoms. The predicted molar refractivity (Wildman–Crippen MR) is 64.1 cm³/mol. The van der Waals surface area contributed by atoms with Crippen molar-refractivity contribution in [2.75, 3.05) is 13.6 Å². The molecule has 0 aliphatic carbocycles. The van der Waals surface area contributed by atoms with Crippen LogP contribution in [0.2, 0.25) is 0 Å². The van der Waals surface area contributed by atoms with Gasteiger partial charge in [-0.05, 0) is 19.5 Å². The van der Waals surface area contributed by atoms with E-state index in [0.29, 0.717) is 0 Å². The summed E-state index contributed by atoms with van der Waals surface area (Å²) < 4.78 is 5.02. The van der Waals surface area contributed by atoms with Gasteiger partial charge in [-0.1, -0.05) is 20.3 Å². The molecule has 0 radical (unpaired) electrons. The normalized spacial score (nSPS) is 15.0. The van der Waals surface area contributed by atoms with Crippen molar-refractivity contribution in [3.05, 3.63) is 24.2 Å². The van der Waals surface area contributed by atoms with Gasteiger partial charge in [0.15, 0.2) is 0 Å². The van der Waals surface area contributed by atoms with Crippen LogP contribution in [-0.4, -0.2) is 24.8 Å². The van der Waals surface area contributed by atoms with E-state index in [1.54, 1.807) is 12.5 Å². The van der Waals surface area contributed by atoms with Crippen molar-refractivity contribution >= 4 is 6.29 Å². The molecule has 90 valence electrons. The molecule has 1 rings (SSSR count). The molecule has 0 amide bonds. The van der Waals surface area contributed by atoms with Crippen LogP contribution in [0, 0.1) is 5.41 Å². The molecular formula is C13H21NO2. The Morgan fingerprint density at radius 2 is 2.31 bits per heavy atom. The van der Waals surface area contributed by atoms with Gasteiger partial charge in [0, 0.05) is 24.1 Å². The third-order valence-corrected chi connectivity index (χ3v) is 2.77. The van der Waals surface area contributed by atoms with Crippen LogP contribution in [0.5, 0.6) is 0 Å². The monoisotopic (exact) mass is 223 g/mol. The summed E-state index contributed by atoms with van der Waals surface area (Å²) in [7, 11) is 2.03. The maximum Gasteiger partial charge on any atom is 0.127 e. The SMILES string of the molecule is CCCC(C)(C=O)CN(C)Cc1ccoc1. The molecule has 0 saturated carbocycles. The van der Waals surface area contributed by atoms with Gasteiger partial charge in [0.2, 0.25) is 0 Å². The average Bonchev–Trinajstić information content (AvgIpc) is 2.70. The molecule has 0 aliphatic heterocycles. The van der Waals surface area contributed by atoms with Gasteiger partial charge in [-0.25, -0.2) is 0 Å². The highest BCUT2D eigenvalue weighted by Gasteiger charge is 2.24. The second-order valence-electron chi connectivity index (χ2n) is 4.83. The molecule has 0 aliphatic rings. The lowest BCUT2D eigenvalue weighted by Gasteiger charge is -2.28. The first-order valence-corrected chi connectivity index (χ1v) is 5.75. The summed E-state index contributed by atoms with van der Waals surface area (Å²) in [4.78, 5) is 13.3. The second kappa shape index (κ2) is 5.85. The molecule has 1 heterocycles. The first kappa shape index (κ1) is 13.0. The van der Waals surface area contributed by atoms with Crippen molar-refractivity contribution in [1.82, 2.24) is 4.90 Å². The molecule has 3 nitrogen and oxygen atoms in total. The summed E-state index contributed by atoms with van der Waals surface area (Å²) >= 11 is 0. The first-order valence-electron chi connectivity index (χ1n) is 5.75. The minimum atomic E-state index is -0.229. The molecule has 1 atom stereocenters. The maximum absolute atomic E-state index is 11.1. The lowest BCUT2D eigenvalue weighted by molar-refractivity contribution is -0.116. The van der Waals surface area contributed by atoms with Crippen molar-refractivity contribution in [1.29, 1.82) is 0 Å². The van der Waals surface area contributed by atoms with Crippen molar-refractivity contribution in [3.8, 4) is 0 Å². The van der Waals surface area contributed by atoms with E-state index in [-0.39, 0.29) is 5.41 Å². The van der Waals surface area contributed by atoms with Crippen molar-refractivity contribution in [2.24, 2.45) is 5.41 Å². The molecule has 1 aromatic heterocycles. The van der Waals surface area contributed by atoms with Crippen LogP contribution in [0.15, 0.2) is 23.0 Å². The van der Waals surface area contributed by atoms with Crippen molar-refractivity contribution in [3.63, 3.8) is 0 Å². The van der Waals surface area contributed by atoms with Gasteiger partial charge in [0.25, 0.3) is 0 Å². The van der Waals surface area contributed by atoms with Gasteiger partial charge in [-0.3, -0.25) is 0 Å². The van der Waals surface area contributed by atoms with E-state index < -0.39 is 0 Å². The number of carbonyl (C=O) groups excluding carboxylic acids is 1. The van der Waals surface area contributed by atoms with E-state index in [0.717, 1.165) is 37.8 Å². The van der Waals surface area contributed by atoms with E-state index in [1.165, 1.54) is 0 Å². The Bertz CT molecular complexity index is 308. The van der Waals surface area contributed by atoms with Crippen molar-refractivity contribution in [2.45, 2.75) is 33.2 Å². The molecule has 0 fully saturated rings. The lowest BCUT2D eigenvalue weighted by atomic mass is 9.87. The number of hydrogen-bond donors (Lipinski definition) is 0. The second-order valence-corrected chi connectivity index (χ2v) is 4.83. The number of carbonyl (C=O) groups is 1. The van der Waals surface area contributed by atoms with Gasteiger partial charge in [0.1, 0.15) is 6.29 Å². The number of nitrogens with zero attached hydrogens (tertiary/aromatic N) is 1. The summed E-state index contributed by atoms with van der Waals surface area (Å²) in [5, 5.41) is 0. The number of hydrogen-bond acceptors (Lipinski definition) is 3. The first-order chi connectivity index (χ1) is 7.59. The molecule has 1 aromatic rings. The number of rotatable bonds is 7. The molecule has 0 aromatic carbocycles. The van der Waals surface area contributed by atoms with E-state index in [1.807, 2.05) is 20.0 Å². The smallest absolute Gasteiger partial charge is 0.127 e. The highest BCUT2D eigenvalue weighted by atomic mass is 16.3. The predicted octanol–water partition coefficient (Wildman–Crippen LogP) is 2.72. The average molecular weight is 223 g/mol. The van der Waals surface area contributed by atoms with Crippen LogP contribution in [0.1, 0.15) is 32.3 Å². The highest BCUT2D eigenvalue weighted by molar-refractivity contribution is 5.58. The Morgan fingerprint density at radius 1 is 1.56 bits per heavy atom. The minimum absolute atomic E-state index is 0.229. The zero-order chi connectivity index (χ0) is 12.0. The summed E-state index contributed by atoms with van der Waals surface area (Å²) in [6.45, 7) is 5.74. The Morgan fingerprint density at radius 3 is 2.81 bits per heavy atom. The minimum Gasteiger partial charge on any atom is -0.472 e. The van der Waals surface area contributed by atoms with E-state index in [4.69, 9.17) is 4.42 Å². The van der Waals surface area contributed by atoms with Crippen molar-refractivity contribution < 1.29 is 9.21 Å². The molecule has 0 saturated heterocycles. The van der Waals surface area contributed by atoms with Gasteiger partial charge in [-0.15, -0.1) is 0 Å². The lowest BCUT2D eigenvalue weighted by Crippen LogP contribution is -2.34. The standard InChI is InChI=1S/C13H21NO2/c1-4-6-13(2,11-15)10-14(3)8-12-5-7-16-9-12/h5,7,9,11H,4,6,8,10H2,1-3H3. The summed E-state index contributed by atoms with van der Waals surface area (Å²) in [6, 6.07) is 1.95. The fourth-order valence-electron chi connectivity index (χ4n) is 2.11. The number of aldehydes is 1. The Hall–Kier alpha value is -1.09. The van der Waals surface area contributed by atoms with Gasteiger partial charge < -0.3 is 14.1 Å². The van der Waals surface area contributed by atoms with E-state index in [2.05, 4.69) is 11.8 Å². The third kappa shape index (κ3) is 3.81. The maximum atomic E-state index is 11.1. The number of furan rings is 1. The molecule has 0 spiro atoms. The largest absolute Gasteiger partial charge is 0.472 e. The quantitative estimate of drug-likeness (QED) is 0.666. The van der Waals surface area contributed by atoms with Crippen LogP contribution >= 0.6 is 0 Å². The highest BCUT2D eigenvalue weighted by Crippen LogP contribution is 2.22. The summed E-state index contributed by atoms with van der Waals surface area (Å²) in [5.41, 5.74) is 0.917. The molecule has 3 heteroatoms. The van der Waals surface area contributed by atoms with Gasteiger partial charge >= 0.3 is 0 Å². The van der Waals surface area contributed by atoms with E-state index >= 15 is 0 Å². The van der Waals surface area contributed by atoms with Crippen LogP contribution < -0.4 is 0 Å². The molecule has 0 bridgehead atoms. The Labute approximate surface area is 97.4 Å². The van der Waals surface area contributed by atoms with Crippen LogP contribution in [0.3, 0.4) is 0 Å². The Balaban J connectivity index is 2.48. The Kier molecular flexibility index (Phi) is 4.74. The van der Waals surface area contributed by atoms with Gasteiger partial charge in [-0.2, -0.15) is 0 Å². The topological polar surface area (TPSA) is 33.5 Å². The van der Waals surface area contributed by atoms with E-state index in [9.17, 15) is 4.79 Å². The zero-order valence-electron chi connectivity index (χ0n) is 10.4. The van der Waals surface area contributed by atoms with Gasteiger partial charge in [0.05, 0.1) is 12.5 Å². The third-order valence-electron chi connectivity index (χ3n) is 2.77.